The van der Waals surface area contributed by atoms with Gasteiger partial charge >= 0.3 is 0 Å². The van der Waals surface area contributed by atoms with Gasteiger partial charge in [-0.3, -0.25) is 14.9 Å². The number of benzene rings is 1. The molecule has 0 aliphatic carbocycles. The molecule has 2 N–H and O–H groups in total. The lowest BCUT2D eigenvalue weighted by Gasteiger charge is -2.04. The molecule has 1 aromatic rings. The average molecular weight is 242 g/mol. The average Bonchev–Trinajstić information content (AvgIpc) is 2.25. The van der Waals surface area contributed by atoms with Crippen LogP contribution < -0.4 is 5.32 Å². The van der Waals surface area contributed by atoms with E-state index in [4.69, 9.17) is 5.11 Å². The van der Waals surface area contributed by atoms with Gasteiger partial charge in [0.1, 0.15) is 5.82 Å². The van der Waals surface area contributed by atoms with E-state index in [0.29, 0.717) is 0 Å². The van der Waals surface area contributed by atoms with Gasteiger partial charge in [0.15, 0.2) is 0 Å². The molecule has 1 amide bonds. The number of non-ortho nitro benzene ring substituents is 1. The molecule has 0 aliphatic rings. The number of amides is 1. The van der Waals surface area contributed by atoms with E-state index in [1.165, 1.54) is 0 Å². The normalized spacial score (nSPS) is 10.0. The molecule has 1 aromatic carbocycles. The van der Waals surface area contributed by atoms with Gasteiger partial charge in [-0.1, -0.05) is 0 Å². The minimum Gasteiger partial charge on any atom is -0.396 e. The fraction of sp³-hybridized carbons (Fsp3) is 0.300. The Balaban J connectivity index is 2.77. The van der Waals surface area contributed by atoms with Crippen LogP contribution in [0.4, 0.5) is 15.8 Å². The number of nitrogens with one attached hydrogen (secondary N) is 1. The molecule has 17 heavy (non-hydrogen) atoms. The summed E-state index contributed by atoms with van der Waals surface area (Å²) in [5, 5.41) is 21.3. The van der Waals surface area contributed by atoms with Crippen molar-refractivity contribution in [3.63, 3.8) is 0 Å². The van der Waals surface area contributed by atoms with Crippen LogP contribution in [0.15, 0.2) is 18.2 Å². The molecular weight excluding hydrogens is 231 g/mol. The molecule has 0 heterocycles. The van der Waals surface area contributed by atoms with Gasteiger partial charge in [-0.15, -0.1) is 0 Å². The summed E-state index contributed by atoms with van der Waals surface area (Å²) < 4.78 is 13.0. The largest absolute Gasteiger partial charge is 0.396 e. The lowest BCUT2D eigenvalue weighted by molar-refractivity contribution is -0.385. The quantitative estimate of drug-likeness (QED) is 0.603. The van der Waals surface area contributed by atoms with E-state index in [1.807, 2.05) is 0 Å². The van der Waals surface area contributed by atoms with Gasteiger partial charge in [-0.2, -0.15) is 0 Å². The van der Waals surface area contributed by atoms with Crippen molar-refractivity contribution in [2.24, 2.45) is 0 Å². The van der Waals surface area contributed by atoms with Crippen LogP contribution >= 0.6 is 0 Å². The van der Waals surface area contributed by atoms with Crippen molar-refractivity contribution in [3.05, 3.63) is 34.1 Å². The van der Waals surface area contributed by atoms with Crippen LogP contribution in [0.25, 0.3) is 0 Å². The first-order valence-electron chi connectivity index (χ1n) is 4.88. The summed E-state index contributed by atoms with van der Waals surface area (Å²) >= 11 is 0. The van der Waals surface area contributed by atoms with Crippen LogP contribution in [0.1, 0.15) is 12.8 Å². The van der Waals surface area contributed by atoms with E-state index in [1.54, 1.807) is 0 Å². The third kappa shape index (κ3) is 4.15. The molecule has 0 radical (unpaired) electrons. The predicted molar refractivity (Wildman–Crippen MR) is 58.0 cm³/mol. The number of anilines is 1. The summed E-state index contributed by atoms with van der Waals surface area (Å²) in [6, 6.07) is 2.83. The SMILES string of the molecule is O=C(CCCO)Nc1cc(F)cc([N+](=O)[O-])c1. The summed E-state index contributed by atoms with van der Waals surface area (Å²) in [7, 11) is 0. The molecule has 0 spiro atoms. The first kappa shape index (κ1) is 13.0. The zero-order valence-corrected chi connectivity index (χ0v) is 8.85. The Bertz CT molecular complexity index is 436. The van der Waals surface area contributed by atoms with Crippen molar-refractivity contribution in [1.82, 2.24) is 0 Å². The van der Waals surface area contributed by atoms with Gasteiger partial charge in [0.2, 0.25) is 5.91 Å². The summed E-state index contributed by atoms with van der Waals surface area (Å²) in [5.74, 6) is -1.23. The lowest BCUT2D eigenvalue weighted by atomic mass is 10.2. The Kier molecular flexibility index (Phi) is 4.53. The Labute approximate surface area is 96.2 Å². The zero-order chi connectivity index (χ0) is 12.8. The van der Waals surface area contributed by atoms with E-state index in [0.717, 1.165) is 18.2 Å². The summed E-state index contributed by atoms with van der Waals surface area (Å²) in [4.78, 5) is 21.0. The van der Waals surface area contributed by atoms with E-state index >= 15 is 0 Å². The van der Waals surface area contributed by atoms with Gasteiger partial charge in [-0.05, 0) is 12.5 Å². The first-order valence-corrected chi connectivity index (χ1v) is 4.88. The number of hydrogen-bond donors (Lipinski definition) is 2. The van der Waals surface area contributed by atoms with Crippen molar-refractivity contribution in [2.75, 3.05) is 11.9 Å². The van der Waals surface area contributed by atoms with Crippen molar-refractivity contribution in [2.45, 2.75) is 12.8 Å². The Hall–Kier alpha value is -2.02. The number of carbonyl (C=O) groups is 1. The highest BCUT2D eigenvalue weighted by Gasteiger charge is 2.11. The molecular formula is C10H11FN2O4. The topological polar surface area (TPSA) is 92.5 Å². The molecule has 0 aromatic heterocycles. The van der Waals surface area contributed by atoms with Crippen LogP contribution in [0.2, 0.25) is 0 Å². The second-order valence-electron chi connectivity index (χ2n) is 3.33. The first-order chi connectivity index (χ1) is 8.02. The number of nitro groups is 1. The number of nitro benzene ring substituents is 1. The van der Waals surface area contributed by atoms with Crippen LogP contribution in [-0.4, -0.2) is 22.5 Å². The standard InChI is InChI=1S/C10H11FN2O4/c11-7-4-8(6-9(5-7)13(16)17)12-10(15)2-1-3-14/h4-6,14H,1-3H2,(H,12,15). The van der Waals surface area contributed by atoms with Crippen LogP contribution in [-0.2, 0) is 4.79 Å². The van der Waals surface area contributed by atoms with E-state index in [2.05, 4.69) is 5.32 Å². The highest BCUT2D eigenvalue weighted by molar-refractivity contribution is 5.90. The van der Waals surface area contributed by atoms with Gasteiger partial charge in [0.25, 0.3) is 5.69 Å². The second kappa shape index (κ2) is 5.90. The molecule has 0 atom stereocenters. The Morgan fingerprint density at radius 2 is 2.18 bits per heavy atom. The molecule has 0 saturated heterocycles. The maximum Gasteiger partial charge on any atom is 0.274 e. The monoisotopic (exact) mass is 242 g/mol. The molecule has 7 heteroatoms. The van der Waals surface area contributed by atoms with E-state index in [9.17, 15) is 19.3 Å². The summed E-state index contributed by atoms with van der Waals surface area (Å²) in [6.45, 7) is -0.128. The highest BCUT2D eigenvalue weighted by Crippen LogP contribution is 2.20. The highest BCUT2D eigenvalue weighted by atomic mass is 19.1. The Morgan fingerprint density at radius 3 is 2.76 bits per heavy atom. The molecule has 0 saturated carbocycles. The molecule has 0 bridgehead atoms. The Morgan fingerprint density at radius 1 is 1.47 bits per heavy atom. The summed E-state index contributed by atoms with van der Waals surface area (Å²) in [6.07, 6.45) is 0.351. The van der Waals surface area contributed by atoms with E-state index in [-0.39, 0.29) is 25.1 Å². The van der Waals surface area contributed by atoms with Crippen molar-refractivity contribution >= 4 is 17.3 Å². The smallest absolute Gasteiger partial charge is 0.274 e. The van der Waals surface area contributed by atoms with Crippen molar-refractivity contribution in [1.29, 1.82) is 0 Å². The number of aliphatic hydroxyl groups excluding tert-OH is 1. The second-order valence-corrected chi connectivity index (χ2v) is 3.33. The lowest BCUT2D eigenvalue weighted by Crippen LogP contribution is -2.12. The van der Waals surface area contributed by atoms with Crippen LogP contribution in [0, 0.1) is 15.9 Å². The number of nitrogens with zero attached hydrogens (tertiary/aromatic N) is 1. The van der Waals surface area contributed by atoms with Gasteiger partial charge in [-0.25, -0.2) is 4.39 Å². The number of rotatable bonds is 5. The molecule has 1 rings (SSSR count). The number of halogens is 1. The number of aliphatic hydroxyl groups is 1. The fourth-order valence-corrected chi connectivity index (χ4v) is 1.21. The minimum atomic E-state index is -0.795. The summed E-state index contributed by atoms with van der Waals surface area (Å²) in [5.41, 5.74) is -0.401. The molecule has 0 fully saturated rings. The molecule has 6 nitrogen and oxygen atoms in total. The van der Waals surface area contributed by atoms with Gasteiger partial charge in [0.05, 0.1) is 16.7 Å². The fourth-order valence-electron chi connectivity index (χ4n) is 1.21. The molecule has 0 unspecified atom stereocenters. The van der Waals surface area contributed by atoms with Gasteiger partial charge < -0.3 is 10.4 Å². The molecule has 92 valence electrons. The van der Waals surface area contributed by atoms with Gasteiger partial charge in [0, 0.05) is 19.1 Å². The number of hydrogen-bond acceptors (Lipinski definition) is 4. The van der Waals surface area contributed by atoms with Crippen LogP contribution in [0.5, 0.6) is 0 Å². The predicted octanol–water partition coefficient (Wildman–Crippen LogP) is 1.44. The van der Waals surface area contributed by atoms with E-state index < -0.39 is 22.3 Å². The minimum absolute atomic E-state index is 0.0274. The third-order valence-corrected chi connectivity index (χ3v) is 1.94. The number of carbonyl (C=O) groups excluding carboxylic acids is 1. The maximum atomic E-state index is 13.0. The third-order valence-electron chi connectivity index (χ3n) is 1.94. The maximum absolute atomic E-state index is 13.0. The zero-order valence-electron chi connectivity index (χ0n) is 8.85. The van der Waals surface area contributed by atoms with Crippen molar-refractivity contribution < 1.29 is 19.2 Å². The van der Waals surface area contributed by atoms with Crippen molar-refractivity contribution in [3.8, 4) is 0 Å². The van der Waals surface area contributed by atoms with Crippen LogP contribution in [0.3, 0.4) is 0 Å². The molecule has 0 aliphatic heterocycles.